The maximum absolute atomic E-state index is 13.0. The molecule has 3 rings (SSSR count). The quantitative estimate of drug-likeness (QED) is 0.568. The number of amides is 1. The van der Waals surface area contributed by atoms with E-state index in [4.69, 9.17) is 4.74 Å². The van der Waals surface area contributed by atoms with Gasteiger partial charge in [-0.1, -0.05) is 36.0 Å². The molecule has 0 spiro atoms. The van der Waals surface area contributed by atoms with Gasteiger partial charge < -0.3 is 9.64 Å². The van der Waals surface area contributed by atoms with Crippen LogP contribution < -0.4 is 9.64 Å². The Kier molecular flexibility index (Phi) is 6.30. The molecule has 146 valence electrons. The predicted molar refractivity (Wildman–Crippen MR) is 110 cm³/mol. The summed E-state index contributed by atoms with van der Waals surface area (Å²) in [5, 5.41) is 12.2. The summed E-state index contributed by atoms with van der Waals surface area (Å²) in [5.41, 5.74) is 2.68. The molecule has 0 bridgehead atoms. The molecule has 0 aliphatic carbocycles. The lowest BCUT2D eigenvalue weighted by molar-refractivity contribution is -0.117. The monoisotopic (exact) mass is 397 g/mol. The third kappa shape index (κ3) is 4.17. The van der Waals surface area contributed by atoms with E-state index in [1.54, 1.807) is 16.7 Å². The fourth-order valence-corrected chi connectivity index (χ4v) is 3.73. The molecule has 8 heteroatoms. The molecule has 1 unspecified atom stereocenters. The number of ether oxygens (including phenoxy) is 1. The van der Waals surface area contributed by atoms with Crippen LogP contribution >= 0.6 is 11.8 Å². The Balaban J connectivity index is 1.84. The zero-order chi connectivity index (χ0) is 20.1. The van der Waals surface area contributed by atoms with Gasteiger partial charge in [0.05, 0.1) is 12.4 Å². The van der Waals surface area contributed by atoms with Crippen molar-refractivity contribution in [3.8, 4) is 11.4 Å². The van der Waals surface area contributed by atoms with Gasteiger partial charge in [0.1, 0.15) is 11.4 Å². The highest BCUT2D eigenvalue weighted by Crippen LogP contribution is 2.30. The third-order valence-corrected chi connectivity index (χ3v) is 5.30. The van der Waals surface area contributed by atoms with E-state index in [0.717, 1.165) is 16.9 Å². The molecule has 0 aliphatic rings. The van der Waals surface area contributed by atoms with Crippen LogP contribution in [0.5, 0.6) is 5.75 Å². The topological polar surface area (TPSA) is 73.1 Å². The average molecular weight is 398 g/mol. The normalized spacial score (nSPS) is 11.9. The zero-order valence-electron chi connectivity index (χ0n) is 16.4. The van der Waals surface area contributed by atoms with Crippen LogP contribution in [0.1, 0.15) is 19.4 Å². The number of hydrogen-bond donors (Lipinski definition) is 0. The fraction of sp³-hybridized carbons (Fsp3) is 0.300. The van der Waals surface area contributed by atoms with Crippen molar-refractivity contribution in [3.05, 3.63) is 54.1 Å². The van der Waals surface area contributed by atoms with Crippen molar-refractivity contribution in [2.45, 2.75) is 31.2 Å². The molecule has 0 saturated heterocycles. The summed E-state index contributed by atoms with van der Waals surface area (Å²) in [6, 6.07) is 15.4. The van der Waals surface area contributed by atoms with Gasteiger partial charge in [0.15, 0.2) is 0 Å². The molecule has 0 aliphatic heterocycles. The highest BCUT2D eigenvalue weighted by atomic mass is 32.2. The van der Waals surface area contributed by atoms with Gasteiger partial charge in [-0.2, -0.15) is 4.68 Å². The maximum atomic E-state index is 13.0. The Bertz CT molecular complexity index is 945. The van der Waals surface area contributed by atoms with Crippen molar-refractivity contribution < 1.29 is 9.53 Å². The minimum Gasteiger partial charge on any atom is -0.494 e. The second kappa shape index (κ2) is 8.88. The zero-order valence-corrected chi connectivity index (χ0v) is 17.2. The number of anilines is 1. The van der Waals surface area contributed by atoms with Crippen LogP contribution in [-0.2, 0) is 4.79 Å². The largest absolute Gasteiger partial charge is 0.494 e. The number of carbonyl (C=O) groups is 1. The van der Waals surface area contributed by atoms with Crippen LogP contribution in [-0.4, -0.2) is 45.0 Å². The minimum absolute atomic E-state index is 0.00413. The first-order chi connectivity index (χ1) is 13.5. The maximum Gasteiger partial charge on any atom is 0.240 e. The number of methoxy groups -OCH3 is 1. The lowest BCUT2D eigenvalue weighted by Crippen LogP contribution is -2.36. The van der Waals surface area contributed by atoms with Gasteiger partial charge in [-0.3, -0.25) is 4.79 Å². The lowest BCUT2D eigenvalue weighted by atomic mass is 10.2. The molecular formula is C20H23N5O2S. The highest BCUT2D eigenvalue weighted by Gasteiger charge is 2.25. The summed E-state index contributed by atoms with van der Waals surface area (Å²) in [4.78, 5) is 14.8. The molecule has 1 amide bonds. The first-order valence-electron chi connectivity index (χ1n) is 9.01. The molecule has 3 aromatic rings. The summed E-state index contributed by atoms with van der Waals surface area (Å²) in [7, 11) is 1.61. The lowest BCUT2D eigenvalue weighted by Gasteiger charge is -2.24. The number of nitrogens with zero attached hydrogens (tertiary/aromatic N) is 5. The highest BCUT2D eigenvalue weighted by molar-refractivity contribution is 8.00. The Hall–Kier alpha value is -2.87. The van der Waals surface area contributed by atoms with E-state index in [-0.39, 0.29) is 11.2 Å². The summed E-state index contributed by atoms with van der Waals surface area (Å²) >= 11 is 1.32. The van der Waals surface area contributed by atoms with E-state index in [1.807, 2.05) is 69.3 Å². The van der Waals surface area contributed by atoms with Crippen molar-refractivity contribution >= 4 is 23.4 Å². The van der Waals surface area contributed by atoms with Crippen LogP contribution in [0.25, 0.3) is 5.69 Å². The number of benzene rings is 2. The van der Waals surface area contributed by atoms with E-state index in [0.29, 0.717) is 17.5 Å². The van der Waals surface area contributed by atoms with Crippen LogP contribution in [0.2, 0.25) is 0 Å². The van der Waals surface area contributed by atoms with Crippen molar-refractivity contribution in [2.24, 2.45) is 0 Å². The van der Waals surface area contributed by atoms with Crippen LogP contribution in [0.3, 0.4) is 0 Å². The number of para-hydroxylation sites is 1. The van der Waals surface area contributed by atoms with Crippen molar-refractivity contribution in [3.63, 3.8) is 0 Å². The SMILES string of the molecule is CCN(C(=O)C(C)Sc1nnnn1-c1cc(C)ccc1OC)c1ccccc1. The van der Waals surface area contributed by atoms with E-state index < -0.39 is 0 Å². The van der Waals surface area contributed by atoms with Gasteiger partial charge in [0, 0.05) is 12.2 Å². The molecule has 1 atom stereocenters. The fourth-order valence-electron chi connectivity index (χ4n) is 2.87. The molecule has 0 radical (unpaired) electrons. The summed E-state index contributed by atoms with van der Waals surface area (Å²) < 4.78 is 7.05. The Morgan fingerprint density at radius 1 is 1.25 bits per heavy atom. The van der Waals surface area contributed by atoms with E-state index >= 15 is 0 Å². The van der Waals surface area contributed by atoms with Crippen LogP contribution in [0.4, 0.5) is 5.69 Å². The van der Waals surface area contributed by atoms with Gasteiger partial charge in [-0.05, 0) is 61.0 Å². The summed E-state index contributed by atoms with van der Waals surface area (Å²) in [6.07, 6.45) is 0. The Morgan fingerprint density at radius 3 is 2.68 bits per heavy atom. The Morgan fingerprint density at radius 2 is 2.00 bits per heavy atom. The average Bonchev–Trinajstić information content (AvgIpc) is 3.17. The molecule has 0 saturated carbocycles. The van der Waals surface area contributed by atoms with Crippen molar-refractivity contribution in [1.29, 1.82) is 0 Å². The molecule has 1 aromatic heterocycles. The number of tetrazole rings is 1. The summed E-state index contributed by atoms with van der Waals surface area (Å²) in [6.45, 7) is 6.41. The van der Waals surface area contributed by atoms with E-state index in [2.05, 4.69) is 15.5 Å². The molecule has 0 fully saturated rings. The second-order valence-electron chi connectivity index (χ2n) is 6.23. The number of rotatable bonds is 7. The van der Waals surface area contributed by atoms with Crippen molar-refractivity contribution in [2.75, 3.05) is 18.6 Å². The molecular weight excluding hydrogens is 374 g/mol. The number of thioether (sulfide) groups is 1. The van der Waals surface area contributed by atoms with Crippen LogP contribution in [0.15, 0.2) is 53.7 Å². The van der Waals surface area contributed by atoms with Crippen molar-refractivity contribution in [1.82, 2.24) is 20.2 Å². The van der Waals surface area contributed by atoms with Gasteiger partial charge in [0.2, 0.25) is 11.1 Å². The second-order valence-corrected chi connectivity index (χ2v) is 7.53. The molecule has 1 heterocycles. The number of aromatic nitrogens is 4. The van der Waals surface area contributed by atoms with Gasteiger partial charge in [0.25, 0.3) is 0 Å². The first-order valence-corrected chi connectivity index (χ1v) is 9.89. The smallest absolute Gasteiger partial charge is 0.240 e. The first kappa shape index (κ1) is 19.9. The standard InChI is InChI=1S/C20H23N5O2S/c1-5-24(16-9-7-6-8-10-16)19(26)15(3)28-20-21-22-23-25(20)17-13-14(2)11-12-18(17)27-4/h6-13,15H,5H2,1-4H3. The van der Waals surface area contributed by atoms with Gasteiger partial charge >= 0.3 is 0 Å². The van der Waals surface area contributed by atoms with Gasteiger partial charge in [-0.25, -0.2) is 0 Å². The van der Waals surface area contributed by atoms with Gasteiger partial charge in [-0.15, -0.1) is 5.10 Å². The predicted octanol–water partition coefficient (Wildman–Crippen LogP) is 3.51. The number of hydrogen-bond acceptors (Lipinski definition) is 6. The molecule has 2 aromatic carbocycles. The summed E-state index contributed by atoms with van der Waals surface area (Å²) in [5.74, 6) is 0.669. The number of carbonyl (C=O) groups excluding carboxylic acids is 1. The molecule has 28 heavy (non-hydrogen) atoms. The molecule has 0 N–H and O–H groups in total. The van der Waals surface area contributed by atoms with Crippen LogP contribution in [0, 0.1) is 6.92 Å². The number of aryl methyl sites for hydroxylation is 1. The molecule has 7 nitrogen and oxygen atoms in total. The third-order valence-electron chi connectivity index (χ3n) is 4.28. The van der Waals surface area contributed by atoms with E-state index in [1.165, 1.54) is 11.8 Å². The Labute approximate surface area is 168 Å². The minimum atomic E-state index is -0.360. The van der Waals surface area contributed by atoms with E-state index in [9.17, 15) is 4.79 Å².